The lowest BCUT2D eigenvalue weighted by atomic mass is 10.1. The zero-order valence-electron chi connectivity index (χ0n) is 13.2. The van der Waals surface area contributed by atoms with Crippen LogP contribution in [0.5, 0.6) is 0 Å². The molecular formula is C17H17Cl2F2NOS. The molecule has 24 heavy (non-hydrogen) atoms. The lowest BCUT2D eigenvalue weighted by Crippen LogP contribution is -2.24. The van der Waals surface area contributed by atoms with Gasteiger partial charge in [-0.3, -0.25) is 4.90 Å². The molecule has 2 aromatic rings. The number of likely N-dealkylation sites (N-methyl/N-ethyl adjacent to an activating group) is 1. The van der Waals surface area contributed by atoms with Crippen LogP contribution in [0.15, 0.2) is 35.2 Å². The molecule has 2 nitrogen and oxygen atoms in total. The molecule has 130 valence electrons. The third-order valence-electron chi connectivity index (χ3n) is 3.48. The van der Waals surface area contributed by atoms with Gasteiger partial charge in [-0.15, -0.1) is 11.8 Å². The Morgan fingerprint density at radius 2 is 1.62 bits per heavy atom. The molecule has 2 aromatic carbocycles. The molecule has 0 radical (unpaired) electrons. The Hall–Kier alpha value is -0.850. The van der Waals surface area contributed by atoms with E-state index in [1.54, 1.807) is 24.1 Å². The van der Waals surface area contributed by atoms with Crippen molar-refractivity contribution in [1.29, 1.82) is 0 Å². The van der Waals surface area contributed by atoms with Gasteiger partial charge in [0, 0.05) is 39.7 Å². The highest BCUT2D eigenvalue weighted by molar-refractivity contribution is 7.98. The van der Waals surface area contributed by atoms with E-state index in [1.807, 2.05) is 6.26 Å². The van der Waals surface area contributed by atoms with Crippen molar-refractivity contribution in [2.24, 2.45) is 0 Å². The molecule has 0 aliphatic heterocycles. The summed E-state index contributed by atoms with van der Waals surface area (Å²) in [4.78, 5) is 2.65. The Kier molecular flexibility index (Phi) is 6.89. The van der Waals surface area contributed by atoms with Crippen LogP contribution in [-0.4, -0.2) is 29.9 Å². The number of hydrogen-bond donors (Lipinski definition) is 1. The van der Waals surface area contributed by atoms with E-state index < -0.39 is 17.7 Å². The van der Waals surface area contributed by atoms with E-state index in [0.717, 1.165) is 11.0 Å². The van der Waals surface area contributed by atoms with Crippen molar-refractivity contribution in [2.45, 2.75) is 17.5 Å². The van der Waals surface area contributed by atoms with Crippen molar-refractivity contribution in [1.82, 2.24) is 4.90 Å². The fraction of sp³-hybridized carbons (Fsp3) is 0.294. The maximum Gasteiger partial charge on any atom is 0.126 e. The summed E-state index contributed by atoms with van der Waals surface area (Å²) < 4.78 is 26.5. The van der Waals surface area contributed by atoms with Crippen LogP contribution in [0.2, 0.25) is 10.0 Å². The molecule has 7 heteroatoms. The Labute approximate surface area is 154 Å². The van der Waals surface area contributed by atoms with E-state index >= 15 is 0 Å². The molecule has 0 heterocycles. The highest BCUT2D eigenvalue weighted by Crippen LogP contribution is 2.34. The summed E-state index contributed by atoms with van der Waals surface area (Å²) >= 11 is 13.9. The summed E-state index contributed by atoms with van der Waals surface area (Å²) in [7, 11) is 1.74. The molecule has 0 spiro atoms. The number of rotatable bonds is 6. The third-order valence-corrected chi connectivity index (χ3v) is 4.81. The van der Waals surface area contributed by atoms with Crippen LogP contribution in [0.4, 0.5) is 8.78 Å². The van der Waals surface area contributed by atoms with Gasteiger partial charge < -0.3 is 5.11 Å². The van der Waals surface area contributed by atoms with Gasteiger partial charge in [0.05, 0.1) is 6.10 Å². The molecule has 0 fully saturated rings. The van der Waals surface area contributed by atoms with Crippen LogP contribution < -0.4 is 0 Å². The first-order valence-corrected chi connectivity index (χ1v) is 9.12. The topological polar surface area (TPSA) is 23.5 Å². The second kappa shape index (κ2) is 8.50. The van der Waals surface area contributed by atoms with Crippen LogP contribution in [0.3, 0.4) is 0 Å². The summed E-state index contributed by atoms with van der Waals surface area (Å²) in [6.45, 7) is 0.500. The molecule has 0 bridgehead atoms. The first-order valence-electron chi connectivity index (χ1n) is 7.14. The number of nitrogens with zero attached hydrogens (tertiary/aromatic N) is 1. The van der Waals surface area contributed by atoms with Crippen molar-refractivity contribution >= 4 is 35.0 Å². The molecule has 1 unspecified atom stereocenters. The van der Waals surface area contributed by atoms with Gasteiger partial charge in [0.15, 0.2) is 0 Å². The van der Waals surface area contributed by atoms with Gasteiger partial charge in [-0.05, 0) is 43.1 Å². The SMILES string of the molecule is CSc1cc(Cl)c(C(O)CN(C)Cc2cc(F)cc(F)c2)c(Cl)c1. The van der Waals surface area contributed by atoms with Crippen molar-refractivity contribution in [3.8, 4) is 0 Å². The van der Waals surface area contributed by atoms with E-state index in [1.165, 1.54) is 23.9 Å². The average molecular weight is 392 g/mol. The normalized spacial score (nSPS) is 12.7. The van der Waals surface area contributed by atoms with Crippen LogP contribution in [-0.2, 0) is 6.54 Å². The van der Waals surface area contributed by atoms with E-state index in [9.17, 15) is 13.9 Å². The largest absolute Gasteiger partial charge is 0.387 e. The third kappa shape index (κ3) is 5.07. The van der Waals surface area contributed by atoms with E-state index in [4.69, 9.17) is 23.2 Å². The van der Waals surface area contributed by atoms with Gasteiger partial charge in [-0.2, -0.15) is 0 Å². The Balaban J connectivity index is 2.10. The minimum absolute atomic E-state index is 0.218. The molecule has 0 aliphatic carbocycles. The molecule has 0 saturated heterocycles. The zero-order chi connectivity index (χ0) is 17.9. The molecule has 0 aliphatic rings. The van der Waals surface area contributed by atoms with E-state index in [-0.39, 0.29) is 13.1 Å². The standard InChI is InChI=1S/C17H17Cl2F2NOS/c1-22(8-10-3-11(20)5-12(21)4-10)9-16(23)17-14(18)6-13(24-2)7-15(17)19/h3-7,16,23H,8-9H2,1-2H3. The fourth-order valence-electron chi connectivity index (χ4n) is 2.46. The Morgan fingerprint density at radius 1 is 1.08 bits per heavy atom. The summed E-state index contributed by atoms with van der Waals surface area (Å²) in [6, 6.07) is 6.85. The van der Waals surface area contributed by atoms with Crippen molar-refractivity contribution in [2.75, 3.05) is 19.8 Å². The number of benzene rings is 2. The van der Waals surface area contributed by atoms with Crippen LogP contribution in [0, 0.1) is 11.6 Å². The maximum absolute atomic E-state index is 13.2. The predicted octanol–water partition coefficient (Wildman–Crippen LogP) is 5.16. The second-order valence-electron chi connectivity index (χ2n) is 5.49. The predicted molar refractivity (Wildman–Crippen MR) is 95.9 cm³/mol. The molecular weight excluding hydrogens is 375 g/mol. The lowest BCUT2D eigenvalue weighted by Gasteiger charge is -2.22. The summed E-state index contributed by atoms with van der Waals surface area (Å²) in [6.07, 6.45) is 0.994. The smallest absolute Gasteiger partial charge is 0.126 e. The van der Waals surface area contributed by atoms with Crippen molar-refractivity contribution in [3.05, 3.63) is 63.1 Å². The summed E-state index contributed by atoms with van der Waals surface area (Å²) in [5.41, 5.74) is 0.936. The number of aliphatic hydroxyl groups is 1. The number of hydrogen-bond acceptors (Lipinski definition) is 3. The van der Waals surface area contributed by atoms with Gasteiger partial charge in [0.1, 0.15) is 11.6 Å². The molecule has 1 N–H and O–H groups in total. The van der Waals surface area contributed by atoms with Gasteiger partial charge in [-0.25, -0.2) is 8.78 Å². The maximum atomic E-state index is 13.2. The monoisotopic (exact) mass is 391 g/mol. The van der Waals surface area contributed by atoms with Gasteiger partial charge >= 0.3 is 0 Å². The van der Waals surface area contributed by atoms with Crippen molar-refractivity contribution < 1.29 is 13.9 Å². The molecule has 1 atom stereocenters. The van der Waals surface area contributed by atoms with Crippen LogP contribution in [0.25, 0.3) is 0 Å². The first-order chi connectivity index (χ1) is 11.3. The van der Waals surface area contributed by atoms with E-state index in [0.29, 0.717) is 21.2 Å². The Bertz CT molecular complexity index is 686. The average Bonchev–Trinajstić information content (AvgIpc) is 2.44. The minimum Gasteiger partial charge on any atom is -0.387 e. The quantitative estimate of drug-likeness (QED) is 0.687. The Morgan fingerprint density at radius 3 is 2.12 bits per heavy atom. The highest BCUT2D eigenvalue weighted by Gasteiger charge is 2.19. The zero-order valence-corrected chi connectivity index (χ0v) is 15.5. The molecule has 0 saturated carbocycles. The second-order valence-corrected chi connectivity index (χ2v) is 7.19. The highest BCUT2D eigenvalue weighted by atomic mass is 35.5. The van der Waals surface area contributed by atoms with Crippen LogP contribution >= 0.6 is 35.0 Å². The van der Waals surface area contributed by atoms with Crippen LogP contribution in [0.1, 0.15) is 17.2 Å². The first kappa shape index (κ1) is 19.5. The van der Waals surface area contributed by atoms with Gasteiger partial charge in [0.2, 0.25) is 0 Å². The molecule has 0 amide bonds. The molecule has 0 aromatic heterocycles. The summed E-state index contributed by atoms with van der Waals surface area (Å²) in [5.74, 6) is -1.25. The number of thioether (sulfide) groups is 1. The van der Waals surface area contributed by atoms with Gasteiger partial charge in [-0.1, -0.05) is 23.2 Å². The minimum atomic E-state index is -0.913. The van der Waals surface area contributed by atoms with Crippen molar-refractivity contribution in [3.63, 3.8) is 0 Å². The molecule has 2 rings (SSSR count). The fourth-order valence-corrected chi connectivity index (χ4v) is 3.80. The van der Waals surface area contributed by atoms with Gasteiger partial charge in [0.25, 0.3) is 0 Å². The summed E-state index contributed by atoms with van der Waals surface area (Å²) in [5, 5.41) is 11.2. The van der Waals surface area contributed by atoms with E-state index in [2.05, 4.69) is 0 Å². The number of halogens is 4. The number of aliphatic hydroxyl groups excluding tert-OH is 1. The lowest BCUT2D eigenvalue weighted by molar-refractivity contribution is 0.124.